The van der Waals surface area contributed by atoms with Crippen LogP contribution in [0.3, 0.4) is 0 Å². The number of rotatable bonds is 3. The zero-order chi connectivity index (χ0) is 13.1. The Morgan fingerprint density at radius 1 is 1.29 bits per heavy atom. The molecule has 0 bridgehead atoms. The summed E-state index contributed by atoms with van der Waals surface area (Å²) in [4.78, 5) is 36.2. The molecule has 6 heteroatoms. The van der Waals surface area contributed by atoms with Crippen molar-refractivity contribution in [2.24, 2.45) is 11.3 Å². The van der Waals surface area contributed by atoms with Crippen molar-refractivity contribution in [3.8, 4) is 0 Å². The molecule has 3 amide bonds. The SMILES string of the molecule is CC(C)(CN1C(=O)CCCCC1=O)C(=O)NN. The highest BCUT2D eigenvalue weighted by atomic mass is 16.2. The number of carbonyl (C=O) groups excluding carboxylic acids is 3. The Hall–Kier alpha value is -1.43. The predicted octanol–water partition coefficient (Wildman–Crippen LogP) is -0.0683. The van der Waals surface area contributed by atoms with Gasteiger partial charge in [-0.05, 0) is 26.7 Å². The van der Waals surface area contributed by atoms with Gasteiger partial charge in [0.05, 0.1) is 5.41 Å². The highest BCUT2D eigenvalue weighted by Crippen LogP contribution is 2.21. The van der Waals surface area contributed by atoms with E-state index >= 15 is 0 Å². The first-order chi connectivity index (χ1) is 7.88. The van der Waals surface area contributed by atoms with E-state index in [-0.39, 0.29) is 24.3 Å². The molecule has 0 aromatic rings. The normalized spacial score (nSPS) is 17.9. The minimum atomic E-state index is -0.871. The third kappa shape index (κ3) is 3.26. The summed E-state index contributed by atoms with van der Waals surface area (Å²) < 4.78 is 0. The summed E-state index contributed by atoms with van der Waals surface area (Å²) >= 11 is 0. The first kappa shape index (κ1) is 13.6. The molecule has 0 aromatic heterocycles. The van der Waals surface area contributed by atoms with Gasteiger partial charge in [-0.25, -0.2) is 5.84 Å². The third-order valence-corrected chi connectivity index (χ3v) is 2.93. The molecular weight excluding hydrogens is 222 g/mol. The summed E-state index contributed by atoms with van der Waals surface area (Å²) in [7, 11) is 0. The Balaban J connectivity index is 2.80. The molecule has 1 aliphatic heterocycles. The number of hydrogen-bond donors (Lipinski definition) is 2. The standard InChI is InChI=1S/C11H19N3O3/c1-11(2,10(17)13-12)7-14-8(15)5-3-4-6-9(14)16/h3-7,12H2,1-2H3,(H,13,17). The van der Waals surface area contributed by atoms with E-state index in [0.29, 0.717) is 12.8 Å². The first-order valence-electron chi connectivity index (χ1n) is 5.73. The zero-order valence-corrected chi connectivity index (χ0v) is 10.3. The zero-order valence-electron chi connectivity index (χ0n) is 10.3. The number of nitrogens with two attached hydrogens (primary N) is 1. The van der Waals surface area contributed by atoms with Gasteiger partial charge in [0, 0.05) is 19.4 Å². The van der Waals surface area contributed by atoms with Gasteiger partial charge in [-0.2, -0.15) is 0 Å². The van der Waals surface area contributed by atoms with Crippen LogP contribution in [0.5, 0.6) is 0 Å². The monoisotopic (exact) mass is 241 g/mol. The van der Waals surface area contributed by atoms with E-state index in [1.807, 2.05) is 0 Å². The van der Waals surface area contributed by atoms with Crippen LogP contribution < -0.4 is 11.3 Å². The van der Waals surface area contributed by atoms with Crippen LogP contribution in [0.2, 0.25) is 0 Å². The molecule has 0 spiro atoms. The average molecular weight is 241 g/mol. The Bertz CT molecular complexity index is 321. The molecule has 1 rings (SSSR count). The second-order valence-electron chi connectivity index (χ2n) is 4.94. The number of imide groups is 1. The summed E-state index contributed by atoms with van der Waals surface area (Å²) in [5, 5.41) is 0. The molecule has 1 saturated heterocycles. The van der Waals surface area contributed by atoms with Crippen LogP contribution >= 0.6 is 0 Å². The maximum absolute atomic E-state index is 11.8. The van der Waals surface area contributed by atoms with Gasteiger partial charge < -0.3 is 0 Å². The van der Waals surface area contributed by atoms with E-state index in [2.05, 4.69) is 5.43 Å². The fourth-order valence-electron chi connectivity index (χ4n) is 1.80. The maximum atomic E-state index is 11.8. The number of amides is 3. The summed E-state index contributed by atoms with van der Waals surface area (Å²) in [6, 6.07) is 0. The molecule has 1 fully saturated rings. The summed E-state index contributed by atoms with van der Waals surface area (Å²) in [5.74, 6) is 4.28. The molecule has 6 nitrogen and oxygen atoms in total. The van der Waals surface area contributed by atoms with E-state index in [4.69, 9.17) is 5.84 Å². The molecule has 1 aliphatic rings. The number of hydrogen-bond acceptors (Lipinski definition) is 4. The molecule has 0 unspecified atom stereocenters. The van der Waals surface area contributed by atoms with E-state index < -0.39 is 5.41 Å². The molecule has 96 valence electrons. The van der Waals surface area contributed by atoms with Crippen molar-refractivity contribution in [1.29, 1.82) is 0 Å². The Labute approximate surface area is 100 Å². The molecule has 0 radical (unpaired) electrons. The number of carbonyl (C=O) groups is 3. The van der Waals surface area contributed by atoms with Crippen LogP contribution in [0.25, 0.3) is 0 Å². The van der Waals surface area contributed by atoms with Crippen LogP contribution in [-0.2, 0) is 14.4 Å². The maximum Gasteiger partial charge on any atom is 0.241 e. The Kier molecular flexibility index (Phi) is 4.22. The van der Waals surface area contributed by atoms with Crippen LogP contribution in [0.1, 0.15) is 39.5 Å². The first-order valence-corrected chi connectivity index (χ1v) is 5.73. The number of nitrogens with zero attached hydrogens (tertiary/aromatic N) is 1. The molecule has 17 heavy (non-hydrogen) atoms. The van der Waals surface area contributed by atoms with Crippen LogP contribution in [0.15, 0.2) is 0 Å². The van der Waals surface area contributed by atoms with Gasteiger partial charge in [0.2, 0.25) is 17.7 Å². The average Bonchev–Trinajstić information content (AvgIpc) is 2.42. The molecule has 0 saturated carbocycles. The van der Waals surface area contributed by atoms with Gasteiger partial charge in [0.1, 0.15) is 0 Å². The lowest BCUT2D eigenvalue weighted by atomic mass is 9.91. The molecular formula is C11H19N3O3. The minimum absolute atomic E-state index is 0.0771. The summed E-state index contributed by atoms with van der Waals surface area (Å²) in [5.41, 5.74) is 1.18. The smallest absolute Gasteiger partial charge is 0.241 e. The Morgan fingerprint density at radius 2 is 1.76 bits per heavy atom. The van der Waals surface area contributed by atoms with Gasteiger partial charge in [0.15, 0.2) is 0 Å². The minimum Gasteiger partial charge on any atom is -0.294 e. The lowest BCUT2D eigenvalue weighted by molar-refractivity contribution is -0.146. The number of nitrogens with one attached hydrogen (secondary N) is 1. The predicted molar refractivity (Wildman–Crippen MR) is 61.3 cm³/mol. The molecule has 0 aliphatic carbocycles. The largest absolute Gasteiger partial charge is 0.294 e. The summed E-state index contributed by atoms with van der Waals surface area (Å²) in [6.45, 7) is 3.38. The van der Waals surface area contributed by atoms with Crippen molar-refractivity contribution in [3.63, 3.8) is 0 Å². The van der Waals surface area contributed by atoms with Crippen molar-refractivity contribution in [2.75, 3.05) is 6.54 Å². The lowest BCUT2D eigenvalue weighted by Gasteiger charge is -2.29. The van der Waals surface area contributed by atoms with Crippen LogP contribution in [0.4, 0.5) is 0 Å². The fraction of sp³-hybridized carbons (Fsp3) is 0.727. The number of hydrazine groups is 1. The second kappa shape index (κ2) is 5.27. The molecule has 0 aromatic carbocycles. The van der Waals surface area contributed by atoms with Crippen LogP contribution in [-0.4, -0.2) is 29.2 Å². The third-order valence-electron chi connectivity index (χ3n) is 2.93. The van der Waals surface area contributed by atoms with Crippen molar-refractivity contribution in [1.82, 2.24) is 10.3 Å². The molecule has 1 heterocycles. The molecule has 3 N–H and O–H groups in total. The van der Waals surface area contributed by atoms with Crippen molar-refractivity contribution < 1.29 is 14.4 Å². The summed E-state index contributed by atoms with van der Waals surface area (Å²) in [6.07, 6.45) is 2.19. The fourth-order valence-corrected chi connectivity index (χ4v) is 1.80. The highest BCUT2D eigenvalue weighted by Gasteiger charge is 2.34. The van der Waals surface area contributed by atoms with Gasteiger partial charge in [0.25, 0.3) is 0 Å². The van der Waals surface area contributed by atoms with Gasteiger partial charge in [-0.15, -0.1) is 0 Å². The highest BCUT2D eigenvalue weighted by molar-refractivity contribution is 5.96. The van der Waals surface area contributed by atoms with Crippen molar-refractivity contribution in [2.45, 2.75) is 39.5 Å². The number of likely N-dealkylation sites (tertiary alicyclic amines) is 1. The van der Waals surface area contributed by atoms with Gasteiger partial charge in [-0.1, -0.05) is 0 Å². The topological polar surface area (TPSA) is 92.5 Å². The van der Waals surface area contributed by atoms with E-state index in [9.17, 15) is 14.4 Å². The quantitative estimate of drug-likeness (QED) is 0.313. The van der Waals surface area contributed by atoms with Gasteiger partial charge in [-0.3, -0.25) is 24.7 Å². The van der Waals surface area contributed by atoms with Gasteiger partial charge >= 0.3 is 0 Å². The van der Waals surface area contributed by atoms with E-state index in [1.165, 1.54) is 4.90 Å². The van der Waals surface area contributed by atoms with Crippen LogP contribution in [0, 0.1) is 5.41 Å². The van der Waals surface area contributed by atoms with E-state index in [0.717, 1.165) is 12.8 Å². The second-order valence-corrected chi connectivity index (χ2v) is 4.94. The Morgan fingerprint density at radius 3 is 2.18 bits per heavy atom. The van der Waals surface area contributed by atoms with Crippen molar-refractivity contribution >= 4 is 17.7 Å². The van der Waals surface area contributed by atoms with Crippen molar-refractivity contribution in [3.05, 3.63) is 0 Å². The molecule has 0 atom stereocenters. The lowest BCUT2D eigenvalue weighted by Crippen LogP contribution is -2.50. The van der Waals surface area contributed by atoms with E-state index in [1.54, 1.807) is 13.8 Å².